The molecule has 1 fully saturated rings. The van der Waals surface area contributed by atoms with Crippen molar-refractivity contribution in [1.82, 2.24) is 39.9 Å². The van der Waals surface area contributed by atoms with Crippen LogP contribution in [0.5, 0.6) is 0 Å². The number of likely N-dealkylation sites (tertiary alicyclic amines) is 1. The van der Waals surface area contributed by atoms with E-state index >= 15 is 0 Å². The zero-order valence-corrected chi connectivity index (χ0v) is 14.8. The third kappa shape index (κ3) is 2.95. The highest BCUT2D eigenvalue weighted by molar-refractivity contribution is 5.43. The predicted octanol–water partition coefficient (Wildman–Crippen LogP) is 0.772. The molecule has 0 spiro atoms. The van der Waals surface area contributed by atoms with Gasteiger partial charge in [0.15, 0.2) is 11.5 Å². The Morgan fingerprint density at radius 3 is 2.92 bits per heavy atom. The molecule has 0 amide bonds. The monoisotopic (exact) mass is 341 g/mol. The zero-order chi connectivity index (χ0) is 17.4. The average Bonchev–Trinajstić information content (AvgIpc) is 3.23. The molecule has 0 aliphatic carbocycles. The fraction of sp³-hybridized carbons (Fsp3) is 0.562. The van der Waals surface area contributed by atoms with E-state index in [9.17, 15) is 0 Å². The van der Waals surface area contributed by atoms with Crippen LogP contribution in [0.3, 0.4) is 0 Å². The summed E-state index contributed by atoms with van der Waals surface area (Å²) >= 11 is 0. The summed E-state index contributed by atoms with van der Waals surface area (Å²) in [7, 11) is 6.30. The van der Waals surface area contributed by atoms with Crippen molar-refractivity contribution in [3.05, 3.63) is 30.1 Å². The Morgan fingerprint density at radius 1 is 1.24 bits per heavy atom. The molecule has 3 aromatic heterocycles. The van der Waals surface area contributed by atoms with Crippen molar-refractivity contribution < 1.29 is 0 Å². The van der Waals surface area contributed by atoms with Gasteiger partial charge in [-0.3, -0.25) is 9.58 Å². The van der Waals surface area contributed by atoms with Crippen LogP contribution in [0, 0.1) is 5.92 Å². The molecule has 4 heterocycles. The maximum atomic E-state index is 4.50. The lowest BCUT2D eigenvalue weighted by Crippen LogP contribution is -2.42. The number of nitrogens with zero attached hydrogens (tertiary/aromatic N) is 9. The Balaban J connectivity index is 1.57. The van der Waals surface area contributed by atoms with E-state index in [1.165, 1.54) is 23.2 Å². The van der Waals surface area contributed by atoms with Crippen molar-refractivity contribution in [3.8, 4) is 0 Å². The summed E-state index contributed by atoms with van der Waals surface area (Å²) in [4.78, 5) is 4.63. The van der Waals surface area contributed by atoms with Gasteiger partial charge in [-0.2, -0.15) is 5.10 Å². The fourth-order valence-corrected chi connectivity index (χ4v) is 3.88. The molecule has 4 rings (SSSR count). The van der Waals surface area contributed by atoms with Crippen LogP contribution in [0.15, 0.2) is 24.4 Å². The molecule has 1 saturated heterocycles. The number of piperidine rings is 1. The Bertz CT molecular complexity index is 854. The molecule has 3 aromatic rings. The van der Waals surface area contributed by atoms with Gasteiger partial charge in [0.05, 0.1) is 11.7 Å². The first-order valence-corrected chi connectivity index (χ1v) is 8.58. The minimum atomic E-state index is 0.362. The van der Waals surface area contributed by atoms with Gasteiger partial charge in [0.1, 0.15) is 0 Å². The summed E-state index contributed by atoms with van der Waals surface area (Å²) in [6.07, 6.45) is 4.28. The number of aryl methyl sites for hydroxylation is 1. The van der Waals surface area contributed by atoms with E-state index in [0.29, 0.717) is 17.6 Å². The molecule has 132 valence electrons. The van der Waals surface area contributed by atoms with Gasteiger partial charge < -0.3 is 4.90 Å². The number of hydrogen-bond acceptors (Lipinski definition) is 7. The maximum absolute atomic E-state index is 4.50. The number of aromatic nitrogens is 7. The third-order valence-corrected chi connectivity index (χ3v) is 5.12. The largest absolute Gasteiger partial charge is 0.358 e. The van der Waals surface area contributed by atoms with E-state index in [-0.39, 0.29) is 0 Å². The predicted molar refractivity (Wildman–Crippen MR) is 93.2 cm³/mol. The lowest BCUT2D eigenvalue weighted by Gasteiger charge is -2.40. The lowest BCUT2D eigenvalue weighted by atomic mass is 9.87. The minimum Gasteiger partial charge on any atom is -0.358 e. The zero-order valence-electron chi connectivity index (χ0n) is 14.8. The number of rotatable bonds is 4. The second-order valence-electron chi connectivity index (χ2n) is 6.81. The molecule has 0 saturated carbocycles. The summed E-state index contributed by atoms with van der Waals surface area (Å²) in [6, 6.07) is 6.35. The van der Waals surface area contributed by atoms with E-state index in [1.807, 2.05) is 30.1 Å². The van der Waals surface area contributed by atoms with Crippen molar-refractivity contribution in [3.63, 3.8) is 0 Å². The summed E-state index contributed by atoms with van der Waals surface area (Å²) in [5.41, 5.74) is 1.92. The van der Waals surface area contributed by atoms with E-state index in [0.717, 1.165) is 18.9 Å². The first kappa shape index (κ1) is 15.9. The van der Waals surface area contributed by atoms with Crippen LogP contribution >= 0.6 is 0 Å². The van der Waals surface area contributed by atoms with Gasteiger partial charge in [0, 0.05) is 26.8 Å². The molecule has 1 aliphatic heterocycles. The topological polar surface area (TPSA) is 80.3 Å². The molecule has 0 bridgehead atoms. The van der Waals surface area contributed by atoms with Gasteiger partial charge in [-0.25, -0.2) is 0 Å². The van der Waals surface area contributed by atoms with Crippen molar-refractivity contribution in [2.45, 2.75) is 18.9 Å². The molecule has 9 nitrogen and oxygen atoms in total. The van der Waals surface area contributed by atoms with Gasteiger partial charge in [0.2, 0.25) is 0 Å². The van der Waals surface area contributed by atoms with Gasteiger partial charge in [-0.15, -0.1) is 14.8 Å². The quantitative estimate of drug-likeness (QED) is 0.693. The summed E-state index contributed by atoms with van der Waals surface area (Å²) in [5, 5.41) is 20.3. The van der Waals surface area contributed by atoms with E-state index in [2.05, 4.69) is 55.7 Å². The molecule has 9 heteroatoms. The van der Waals surface area contributed by atoms with Crippen LogP contribution < -0.4 is 4.90 Å². The van der Waals surface area contributed by atoms with Crippen molar-refractivity contribution in [2.75, 3.05) is 32.1 Å². The number of tetrazole rings is 1. The molecular weight excluding hydrogens is 318 g/mol. The molecular formula is C16H23N9. The Labute approximate surface area is 146 Å². The van der Waals surface area contributed by atoms with E-state index in [4.69, 9.17) is 0 Å². The van der Waals surface area contributed by atoms with Crippen LogP contribution in [0.4, 0.5) is 5.82 Å². The van der Waals surface area contributed by atoms with Crippen molar-refractivity contribution in [2.24, 2.45) is 13.0 Å². The lowest BCUT2D eigenvalue weighted by molar-refractivity contribution is 0.118. The highest BCUT2D eigenvalue weighted by Crippen LogP contribution is 2.35. The van der Waals surface area contributed by atoms with Crippen LogP contribution in [-0.2, 0) is 7.05 Å². The molecule has 0 aromatic carbocycles. The SMILES string of the molecule is CN(C[C@@H]1CCCN(C)[C@H]1c1ccnn1C)c1ccc2nnnn2n1. The third-order valence-electron chi connectivity index (χ3n) is 5.12. The minimum absolute atomic E-state index is 0.362. The van der Waals surface area contributed by atoms with E-state index in [1.54, 1.807) is 0 Å². The Hall–Kier alpha value is -2.55. The fourth-order valence-electron chi connectivity index (χ4n) is 3.88. The molecule has 0 N–H and O–H groups in total. The second-order valence-corrected chi connectivity index (χ2v) is 6.81. The molecule has 1 aliphatic rings. The normalized spacial score (nSPS) is 21.7. The highest BCUT2D eigenvalue weighted by Gasteiger charge is 2.33. The molecule has 0 unspecified atom stereocenters. The second kappa shape index (κ2) is 6.40. The first-order valence-electron chi connectivity index (χ1n) is 8.58. The van der Waals surface area contributed by atoms with Gasteiger partial charge in [0.25, 0.3) is 0 Å². The van der Waals surface area contributed by atoms with Crippen LogP contribution in [0.1, 0.15) is 24.6 Å². The summed E-state index contributed by atoms with van der Waals surface area (Å²) in [5.74, 6) is 1.38. The Kier molecular flexibility index (Phi) is 4.08. The van der Waals surface area contributed by atoms with Gasteiger partial charge >= 0.3 is 0 Å². The number of fused-ring (bicyclic) bond motifs is 1. The van der Waals surface area contributed by atoms with Crippen LogP contribution in [0.2, 0.25) is 0 Å². The first-order chi connectivity index (χ1) is 12.1. The summed E-state index contributed by atoms with van der Waals surface area (Å²) < 4.78 is 3.46. The Morgan fingerprint density at radius 2 is 2.12 bits per heavy atom. The van der Waals surface area contributed by atoms with E-state index < -0.39 is 0 Å². The van der Waals surface area contributed by atoms with Gasteiger partial charge in [-0.1, -0.05) is 0 Å². The molecule has 25 heavy (non-hydrogen) atoms. The molecule has 0 radical (unpaired) electrons. The number of hydrogen-bond donors (Lipinski definition) is 0. The van der Waals surface area contributed by atoms with Gasteiger partial charge in [-0.05, 0) is 61.0 Å². The number of anilines is 1. The standard InChI is InChI=1S/C16H23N9/c1-22-10-4-5-12(16(22)13-8-9-17-24(13)3)11-23(2)15-7-6-14-18-20-21-25(14)19-15/h6-9,12,16H,4-5,10-11H2,1-3H3/t12-,16+/m0/s1. The average molecular weight is 341 g/mol. The van der Waals surface area contributed by atoms with Crippen LogP contribution in [0.25, 0.3) is 5.65 Å². The van der Waals surface area contributed by atoms with Crippen molar-refractivity contribution >= 4 is 11.5 Å². The smallest absolute Gasteiger partial charge is 0.200 e. The summed E-state index contributed by atoms with van der Waals surface area (Å²) in [6.45, 7) is 2.03. The molecule has 2 atom stereocenters. The van der Waals surface area contributed by atoms with Crippen molar-refractivity contribution in [1.29, 1.82) is 0 Å². The highest BCUT2D eigenvalue weighted by atomic mass is 15.6. The maximum Gasteiger partial charge on any atom is 0.200 e. The van der Waals surface area contributed by atoms with Crippen LogP contribution in [-0.4, -0.2) is 67.1 Å².